The van der Waals surface area contributed by atoms with Gasteiger partial charge in [-0.05, 0) is 32.9 Å². The Morgan fingerprint density at radius 1 is 1.06 bits per heavy atom. The lowest BCUT2D eigenvalue weighted by molar-refractivity contribution is 0.00342. The predicted molar refractivity (Wildman–Crippen MR) is 117 cm³/mol. The van der Waals surface area contributed by atoms with Gasteiger partial charge in [0.1, 0.15) is 22.8 Å². The summed E-state index contributed by atoms with van der Waals surface area (Å²) in [6, 6.07) is 2.74. The molecule has 12 heteroatoms. The topological polar surface area (TPSA) is 132 Å². The molecule has 2 aromatic rings. The Labute approximate surface area is 192 Å². The van der Waals surface area contributed by atoms with Gasteiger partial charge in [0.15, 0.2) is 15.6 Å². The average molecular weight is 485 g/mol. The number of aryl methyl sites for hydroxylation is 1. The van der Waals surface area contributed by atoms with Crippen molar-refractivity contribution in [2.45, 2.75) is 32.2 Å². The van der Waals surface area contributed by atoms with Gasteiger partial charge < -0.3 is 23.7 Å². The van der Waals surface area contributed by atoms with Gasteiger partial charge in [0.25, 0.3) is 0 Å². The van der Waals surface area contributed by atoms with Gasteiger partial charge in [-0.1, -0.05) is 0 Å². The molecular formula is C21H28N2O9S. The number of benzene rings is 1. The van der Waals surface area contributed by atoms with Crippen LogP contribution in [-0.2, 0) is 30.6 Å². The summed E-state index contributed by atoms with van der Waals surface area (Å²) in [6.07, 6.45) is 1.49. The molecule has 2 rings (SSSR count). The second-order valence-electron chi connectivity index (χ2n) is 6.78. The predicted octanol–water partition coefficient (Wildman–Crippen LogP) is 2.38. The lowest BCUT2D eigenvalue weighted by atomic mass is 10.00. The molecule has 1 aromatic carbocycles. The van der Waals surface area contributed by atoms with Crippen LogP contribution in [0.15, 0.2) is 23.2 Å². The molecular weight excluding hydrogens is 456 g/mol. The van der Waals surface area contributed by atoms with Crippen molar-refractivity contribution in [3.05, 3.63) is 35.0 Å². The van der Waals surface area contributed by atoms with Gasteiger partial charge in [0.05, 0.1) is 19.4 Å². The Bertz CT molecular complexity index is 1090. The van der Waals surface area contributed by atoms with Crippen molar-refractivity contribution in [2.75, 3.05) is 40.0 Å². The summed E-state index contributed by atoms with van der Waals surface area (Å²) < 4.78 is 51.5. The fourth-order valence-corrected chi connectivity index (χ4v) is 3.82. The Morgan fingerprint density at radius 3 is 2.39 bits per heavy atom. The lowest BCUT2D eigenvalue weighted by Gasteiger charge is -2.16. The van der Waals surface area contributed by atoms with Crippen LogP contribution in [0.5, 0.6) is 11.6 Å². The molecule has 0 N–H and O–H groups in total. The first-order valence-corrected chi connectivity index (χ1v) is 12.0. The van der Waals surface area contributed by atoms with Crippen LogP contribution in [0.4, 0.5) is 4.79 Å². The summed E-state index contributed by atoms with van der Waals surface area (Å²) in [6.45, 7) is 5.42. The van der Waals surface area contributed by atoms with Crippen LogP contribution in [-0.4, -0.2) is 70.1 Å². The summed E-state index contributed by atoms with van der Waals surface area (Å²) in [5.41, 5.74) is 0.668. The third kappa shape index (κ3) is 6.45. The van der Waals surface area contributed by atoms with Crippen LogP contribution in [0.2, 0.25) is 0 Å². The molecule has 0 amide bonds. The summed E-state index contributed by atoms with van der Waals surface area (Å²) in [4.78, 5) is 24.7. The van der Waals surface area contributed by atoms with E-state index in [2.05, 4.69) is 9.84 Å². The van der Waals surface area contributed by atoms with E-state index in [4.69, 9.17) is 18.9 Å². The number of sulfone groups is 1. The van der Waals surface area contributed by atoms with Gasteiger partial charge >= 0.3 is 6.16 Å². The molecule has 0 aliphatic rings. The molecule has 182 valence electrons. The zero-order valence-electron chi connectivity index (χ0n) is 19.2. The molecule has 11 nitrogen and oxygen atoms in total. The van der Waals surface area contributed by atoms with Crippen LogP contribution in [0.1, 0.15) is 35.3 Å². The van der Waals surface area contributed by atoms with E-state index in [1.165, 1.54) is 30.1 Å². The van der Waals surface area contributed by atoms with Crippen molar-refractivity contribution in [2.24, 2.45) is 0 Å². The fourth-order valence-electron chi connectivity index (χ4n) is 2.96. The maximum absolute atomic E-state index is 13.4. The van der Waals surface area contributed by atoms with Gasteiger partial charge in [-0.3, -0.25) is 4.79 Å². The highest BCUT2D eigenvalue weighted by Gasteiger charge is 2.26. The van der Waals surface area contributed by atoms with Gasteiger partial charge in [0, 0.05) is 31.0 Å². The van der Waals surface area contributed by atoms with Crippen molar-refractivity contribution in [3.63, 3.8) is 0 Å². The third-order valence-corrected chi connectivity index (χ3v) is 5.64. The minimum Gasteiger partial charge on any atom is -0.490 e. The van der Waals surface area contributed by atoms with E-state index in [-0.39, 0.29) is 47.5 Å². The zero-order valence-corrected chi connectivity index (χ0v) is 20.1. The Hall–Kier alpha value is -3.12. The smallest absolute Gasteiger partial charge is 0.490 e. The van der Waals surface area contributed by atoms with Crippen molar-refractivity contribution in [1.82, 2.24) is 9.78 Å². The molecule has 1 heterocycles. The van der Waals surface area contributed by atoms with Gasteiger partial charge in [0.2, 0.25) is 12.7 Å². The number of methoxy groups -OCH3 is 1. The number of nitrogens with zero attached hydrogens (tertiary/aromatic N) is 2. The third-order valence-electron chi connectivity index (χ3n) is 4.52. The lowest BCUT2D eigenvalue weighted by Crippen LogP contribution is -2.16. The second kappa shape index (κ2) is 11.7. The Morgan fingerprint density at radius 2 is 1.79 bits per heavy atom. The average Bonchev–Trinajstić information content (AvgIpc) is 3.16. The molecule has 0 atom stereocenters. The molecule has 0 aliphatic carbocycles. The van der Waals surface area contributed by atoms with E-state index >= 15 is 0 Å². The SMILES string of the molecule is CCOC(=O)OCOc1c(C(=O)c2ccc(S(C)(=O)=O)c(OCCOC)c2C)cnn1CC. The zero-order chi connectivity index (χ0) is 24.6. The molecule has 0 saturated heterocycles. The van der Waals surface area contributed by atoms with Crippen molar-refractivity contribution < 1.29 is 41.7 Å². The van der Waals surface area contributed by atoms with Gasteiger partial charge in [-0.15, -0.1) is 0 Å². The summed E-state index contributed by atoms with van der Waals surface area (Å²) in [7, 11) is -2.12. The number of aromatic nitrogens is 2. The summed E-state index contributed by atoms with van der Waals surface area (Å²) in [5, 5.41) is 4.14. The Balaban J connectivity index is 2.41. The number of carbonyl (C=O) groups excluding carboxylic acids is 2. The highest BCUT2D eigenvalue weighted by atomic mass is 32.2. The standard InChI is InChI=1S/C21H28N2O9S/c1-6-23-20(31-13-32-21(25)29-7-2)16(12-22-23)18(24)15-8-9-17(33(5,26)27)19(14(15)3)30-11-10-28-4/h8-9,12H,6-7,10-11,13H2,1-5H3. The number of carbonyl (C=O) groups is 2. The summed E-state index contributed by atoms with van der Waals surface area (Å²) >= 11 is 0. The maximum Gasteiger partial charge on any atom is 0.511 e. The molecule has 0 bridgehead atoms. The van der Waals surface area contributed by atoms with Crippen LogP contribution in [0.25, 0.3) is 0 Å². The van der Waals surface area contributed by atoms with Crippen molar-refractivity contribution in [1.29, 1.82) is 0 Å². The van der Waals surface area contributed by atoms with E-state index in [0.717, 1.165) is 6.26 Å². The molecule has 0 aliphatic heterocycles. The highest BCUT2D eigenvalue weighted by molar-refractivity contribution is 7.90. The minimum absolute atomic E-state index is 0.0313. The number of ether oxygens (including phenoxy) is 5. The van der Waals surface area contributed by atoms with E-state index in [0.29, 0.717) is 12.1 Å². The minimum atomic E-state index is -3.61. The van der Waals surface area contributed by atoms with E-state index in [1.54, 1.807) is 20.8 Å². The number of rotatable bonds is 12. The quantitative estimate of drug-likeness (QED) is 0.191. The first kappa shape index (κ1) is 26.1. The molecule has 1 aromatic heterocycles. The molecule has 0 unspecified atom stereocenters. The van der Waals surface area contributed by atoms with Crippen LogP contribution < -0.4 is 9.47 Å². The largest absolute Gasteiger partial charge is 0.511 e. The molecule has 0 spiro atoms. The maximum atomic E-state index is 13.4. The monoisotopic (exact) mass is 484 g/mol. The Kier molecular flexibility index (Phi) is 9.23. The second-order valence-corrected chi connectivity index (χ2v) is 8.76. The number of ketones is 1. The fraction of sp³-hybridized carbons (Fsp3) is 0.476. The first-order valence-electron chi connectivity index (χ1n) is 10.1. The van der Waals surface area contributed by atoms with E-state index < -0.39 is 28.6 Å². The molecule has 33 heavy (non-hydrogen) atoms. The molecule has 0 radical (unpaired) electrons. The first-order chi connectivity index (χ1) is 15.6. The van der Waals surface area contributed by atoms with Crippen LogP contribution in [0.3, 0.4) is 0 Å². The van der Waals surface area contributed by atoms with Gasteiger partial charge in [-0.2, -0.15) is 5.10 Å². The normalized spacial score (nSPS) is 11.2. The van der Waals surface area contributed by atoms with E-state index in [9.17, 15) is 18.0 Å². The molecule has 0 fully saturated rings. The summed E-state index contributed by atoms with van der Waals surface area (Å²) in [5.74, 6) is -0.286. The van der Waals surface area contributed by atoms with Gasteiger partial charge in [-0.25, -0.2) is 17.9 Å². The number of hydrogen-bond acceptors (Lipinski definition) is 10. The van der Waals surface area contributed by atoms with E-state index in [1.807, 2.05) is 0 Å². The molecule has 0 saturated carbocycles. The number of hydrogen-bond donors (Lipinski definition) is 0. The van der Waals surface area contributed by atoms with Crippen molar-refractivity contribution >= 4 is 21.8 Å². The van der Waals surface area contributed by atoms with Crippen molar-refractivity contribution in [3.8, 4) is 11.6 Å². The highest BCUT2D eigenvalue weighted by Crippen LogP contribution is 2.33. The van der Waals surface area contributed by atoms with Crippen LogP contribution >= 0.6 is 0 Å². The van der Waals surface area contributed by atoms with Crippen LogP contribution in [0, 0.1) is 6.92 Å².